The molecule has 0 radical (unpaired) electrons. The molecule has 5 N–H and O–H groups in total. The number of hydrogen-bond donors (Lipinski definition) is 3. The lowest BCUT2D eigenvalue weighted by Crippen LogP contribution is -2.76. The topological polar surface area (TPSA) is 75.2 Å². The summed E-state index contributed by atoms with van der Waals surface area (Å²) in [4.78, 5) is 2.82. The number of halogens is 2. The van der Waals surface area contributed by atoms with E-state index < -0.39 is 0 Å². The normalized spacial score (nSPS) is 9.44. The average molecular weight is 319 g/mol. The highest BCUT2D eigenvalue weighted by Gasteiger charge is 2.03. The Balaban J connectivity index is 0.00000289. The van der Waals surface area contributed by atoms with Gasteiger partial charge in [0.2, 0.25) is 0 Å². The molecule has 1 aromatic rings. The first-order valence-corrected chi connectivity index (χ1v) is 6.01. The number of hydrogen-bond acceptors (Lipinski definition) is 1. The van der Waals surface area contributed by atoms with Crippen LogP contribution in [0.1, 0.15) is 12.0 Å². The first-order chi connectivity index (χ1) is 8.13. The standard InChI is InChI=1S/C11H15BrFN3O.CH3/c12-9-6-8(7-16-11(14)15)2-3-10(9)17-5-1-4-13;/h2-3,6H,1,4-5,7H2,(H4,14,15,16);1H3/q;-1/p+1/i13-1;. The van der Waals surface area contributed by atoms with Gasteiger partial charge in [-0.2, -0.15) is 0 Å². The summed E-state index contributed by atoms with van der Waals surface area (Å²) in [5.74, 6) is 0.885. The van der Waals surface area contributed by atoms with Gasteiger partial charge in [0.15, 0.2) is 0 Å². The van der Waals surface area contributed by atoms with Gasteiger partial charge in [-0.1, -0.05) is 6.07 Å². The van der Waals surface area contributed by atoms with E-state index in [9.17, 15) is 4.39 Å². The highest BCUT2D eigenvalue weighted by molar-refractivity contribution is 9.10. The zero-order valence-corrected chi connectivity index (χ0v) is 12.0. The maximum absolute atomic E-state index is 11.9. The molecule has 0 atom stereocenters. The summed E-state index contributed by atoms with van der Waals surface area (Å²) >= 11 is 3.39. The van der Waals surface area contributed by atoms with Crippen LogP contribution < -0.4 is 21.2 Å². The Morgan fingerprint density at radius 1 is 1.39 bits per heavy atom. The van der Waals surface area contributed by atoms with Crippen molar-refractivity contribution in [3.63, 3.8) is 0 Å². The maximum Gasteiger partial charge on any atom is 0.339 e. The van der Waals surface area contributed by atoms with E-state index in [0.29, 0.717) is 25.3 Å². The van der Waals surface area contributed by atoms with Gasteiger partial charge < -0.3 is 12.2 Å². The molecule has 102 valence electrons. The molecule has 0 heterocycles. The fourth-order valence-electron chi connectivity index (χ4n) is 1.21. The number of nitrogens with one attached hydrogen (secondary N) is 1. The number of alkyl halides is 1. The second-order valence-electron chi connectivity index (χ2n) is 3.46. The van der Waals surface area contributed by atoms with Gasteiger partial charge in [-0.05, 0) is 33.6 Å². The third-order valence-electron chi connectivity index (χ3n) is 2.03. The number of nitrogens with two attached hydrogens (primary N) is 2. The highest BCUT2D eigenvalue weighted by atomic mass is 79.9. The van der Waals surface area contributed by atoms with E-state index in [1.807, 2.05) is 18.2 Å². The van der Waals surface area contributed by atoms with Crippen molar-refractivity contribution < 1.29 is 14.1 Å². The van der Waals surface area contributed by atoms with Gasteiger partial charge in [0, 0.05) is 6.42 Å². The van der Waals surface area contributed by atoms with Crippen molar-refractivity contribution in [2.24, 2.45) is 11.5 Å². The van der Waals surface area contributed by atoms with Crippen LogP contribution in [0.4, 0.5) is 4.39 Å². The third-order valence-corrected chi connectivity index (χ3v) is 2.65. The van der Waals surface area contributed by atoms with Crippen molar-refractivity contribution in [3.8, 4) is 5.75 Å². The van der Waals surface area contributed by atoms with Crippen LogP contribution in [0.3, 0.4) is 0 Å². The molecule has 0 aliphatic carbocycles. The Bertz CT molecular complexity index is 395. The third kappa shape index (κ3) is 5.86. The maximum atomic E-state index is 11.9. The quantitative estimate of drug-likeness (QED) is 0.309. The van der Waals surface area contributed by atoms with Crippen LogP contribution >= 0.6 is 15.9 Å². The Morgan fingerprint density at radius 3 is 2.67 bits per heavy atom. The molecule has 6 heteroatoms. The Labute approximate surface area is 115 Å². The second kappa shape index (κ2) is 8.74. The van der Waals surface area contributed by atoms with Crippen LogP contribution in [-0.2, 0) is 6.54 Å². The molecule has 0 spiro atoms. The van der Waals surface area contributed by atoms with Crippen LogP contribution in [-0.4, -0.2) is 19.2 Å². The van der Waals surface area contributed by atoms with E-state index in [1.165, 1.54) is 0 Å². The van der Waals surface area contributed by atoms with Gasteiger partial charge in [-0.15, -0.1) is 0 Å². The van der Waals surface area contributed by atoms with Gasteiger partial charge in [-0.3, -0.25) is 20.9 Å². The summed E-state index contributed by atoms with van der Waals surface area (Å²) in [6.45, 7) is 0.549. The number of benzene rings is 1. The molecule has 1 rings (SSSR count). The minimum absolute atomic E-state index is 0. The Hall–Kier alpha value is -1.30. The number of guanidine groups is 1. The molecule has 0 aliphatic rings. The lowest BCUT2D eigenvalue weighted by Gasteiger charge is -2.08. The molecule has 0 unspecified atom stereocenters. The molecule has 0 aromatic heterocycles. The van der Waals surface area contributed by atoms with Crippen molar-refractivity contribution in [2.75, 3.05) is 13.3 Å². The van der Waals surface area contributed by atoms with Gasteiger partial charge in [-0.25, -0.2) is 0 Å². The summed E-state index contributed by atoms with van der Waals surface area (Å²) in [5.41, 5.74) is 11.6. The fraction of sp³-hybridized carbons (Fsp3) is 0.333. The SMILES string of the molecule is NC(N)=[NH+]Cc1ccc(OCCC[18F])c(Br)c1.[CH3-]. The Kier molecular flexibility index (Phi) is 8.11. The average Bonchev–Trinajstić information content (AvgIpc) is 2.29. The number of rotatable bonds is 6. The Morgan fingerprint density at radius 2 is 2.11 bits per heavy atom. The molecule has 0 saturated carbocycles. The largest absolute Gasteiger partial charge is 0.492 e. The lowest BCUT2D eigenvalue weighted by molar-refractivity contribution is -0.477. The van der Waals surface area contributed by atoms with Gasteiger partial charge >= 0.3 is 5.96 Å². The predicted molar refractivity (Wildman–Crippen MR) is 74.7 cm³/mol. The molecule has 0 amide bonds. The summed E-state index contributed by atoms with van der Waals surface area (Å²) in [6, 6.07) is 5.62. The van der Waals surface area contributed by atoms with Crippen LogP contribution in [0.5, 0.6) is 5.75 Å². The first-order valence-electron chi connectivity index (χ1n) is 5.22. The minimum Gasteiger partial charge on any atom is -0.492 e. The van der Waals surface area contributed by atoms with Crippen molar-refractivity contribution in [1.29, 1.82) is 0 Å². The van der Waals surface area contributed by atoms with Crippen molar-refractivity contribution in [1.82, 2.24) is 0 Å². The van der Waals surface area contributed by atoms with Crippen LogP contribution in [0, 0.1) is 7.43 Å². The van der Waals surface area contributed by atoms with Gasteiger partial charge in [0.25, 0.3) is 0 Å². The van der Waals surface area contributed by atoms with Gasteiger partial charge in [0.1, 0.15) is 5.75 Å². The molecule has 0 bridgehead atoms. The van der Waals surface area contributed by atoms with Crippen LogP contribution in [0.15, 0.2) is 22.7 Å². The molecule has 0 saturated heterocycles. The van der Waals surface area contributed by atoms with E-state index in [2.05, 4.69) is 20.9 Å². The van der Waals surface area contributed by atoms with E-state index in [-0.39, 0.29) is 20.1 Å². The molecule has 0 aliphatic heterocycles. The predicted octanol–water partition coefficient (Wildman–Crippen LogP) is 0.492. The first kappa shape index (κ1) is 16.7. The van der Waals surface area contributed by atoms with E-state index >= 15 is 0 Å². The van der Waals surface area contributed by atoms with Crippen molar-refractivity contribution in [3.05, 3.63) is 35.7 Å². The van der Waals surface area contributed by atoms with Crippen LogP contribution in [0.25, 0.3) is 0 Å². The van der Waals surface area contributed by atoms with E-state index in [1.54, 1.807) is 0 Å². The minimum atomic E-state index is -0.370. The molecule has 18 heavy (non-hydrogen) atoms. The van der Waals surface area contributed by atoms with Crippen molar-refractivity contribution in [2.45, 2.75) is 13.0 Å². The van der Waals surface area contributed by atoms with Crippen molar-refractivity contribution >= 4 is 21.9 Å². The molecular formula is C12H19BrFN3O. The monoisotopic (exact) mass is 318 g/mol. The van der Waals surface area contributed by atoms with E-state index in [0.717, 1.165) is 10.0 Å². The highest BCUT2D eigenvalue weighted by Crippen LogP contribution is 2.25. The molecule has 4 nitrogen and oxygen atoms in total. The second-order valence-corrected chi connectivity index (χ2v) is 4.32. The number of ether oxygens (including phenoxy) is 1. The summed E-state index contributed by atoms with van der Waals surface area (Å²) in [6.07, 6.45) is 0.397. The molecule has 0 fully saturated rings. The van der Waals surface area contributed by atoms with Crippen LogP contribution in [0.2, 0.25) is 0 Å². The summed E-state index contributed by atoms with van der Waals surface area (Å²) in [7, 11) is 0. The molecule has 1 aromatic carbocycles. The van der Waals surface area contributed by atoms with E-state index in [4.69, 9.17) is 16.2 Å². The lowest BCUT2D eigenvalue weighted by atomic mass is 10.2. The summed E-state index contributed by atoms with van der Waals surface area (Å²) in [5, 5.41) is 0. The zero-order valence-electron chi connectivity index (χ0n) is 10.4. The van der Waals surface area contributed by atoms with Gasteiger partial charge in [0.05, 0.1) is 24.3 Å². The zero-order chi connectivity index (χ0) is 12.7. The smallest absolute Gasteiger partial charge is 0.339 e. The fourth-order valence-corrected chi connectivity index (χ4v) is 1.75. The molecular weight excluding hydrogens is 300 g/mol. The summed E-state index contributed by atoms with van der Waals surface area (Å²) < 4.78 is 18.1.